The number of hydrogen-bond donors (Lipinski definition) is 0. The first-order chi connectivity index (χ1) is 13.1. The van der Waals surface area contributed by atoms with E-state index >= 15 is 0 Å². The molecular formula is C20H30N6O. The summed E-state index contributed by atoms with van der Waals surface area (Å²) in [4.78, 5) is 26.7. The highest BCUT2D eigenvalue weighted by atomic mass is 16.2. The molecule has 0 N–H and O–H groups in total. The van der Waals surface area contributed by atoms with E-state index in [1.165, 1.54) is 19.3 Å². The summed E-state index contributed by atoms with van der Waals surface area (Å²) in [6.45, 7) is 7.27. The van der Waals surface area contributed by atoms with Crippen LogP contribution < -0.4 is 4.90 Å². The topological polar surface area (TPSA) is 67.2 Å². The smallest absolute Gasteiger partial charge is 0.225 e. The lowest BCUT2D eigenvalue weighted by Crippen LogP contribution is -2.51. The molecule has 1 aliphatic carbocycles. The average Bonchev–Trinajstić information content (AvgIpc) is 3.01. The lowest BCUT2D eigenvalue weighted by Gasteiger charge is -2.37. The fraction of sp³-hybridized carbons (Fsp3) is 0.700. The van der Waals surface area contributed by atoms with Crippen molar-refractivity contribution < 1.29 is 4.79 Å². The highest BCUT2D eigenvalue weighted by Gasteiger charge is 2.30. The maximum atomic E-state index is 12.8. The molecule has 1 saturated carbocycles. The van der Waals surface area contributed by atoms with Crippen LogP contribution in [0.1, 0.15) is 50.5 Å². The molecule has 7 heteroatoms. The molecule has 0 bridgehead atoms. The van der Waals surface area contributed by atoms with Crippen molar-refractivity contribution in [1.29, 1.82) is 0 Å². The van der Waals surface area contributed by atoms with E-state index in [1.807, 2.05) is 18.7 Å². The molecule has 27 heavy (non-hydrogen) atoms. The molecule has 0 aromatic carbocycles. The fourth-order valence-corrected chi connectivity index (χ4v) is 4.49. The second-order valence-corrected chi connectivity index (χ2v) is 7.87. The largest absolute Gasteiger partial charge is 0.351 e. The first-order valence-corrected chi connectivity index (χ1v) is 10.3. The van der Waals surface area contributed by atoms with E-state index in [4.69, 9.17) is 4.98 Å². The van der Waals surface area contributed by atoms with Crippen LogP contribution in [0.15, 0.2) is 0 Å². The van der Waals surface area contributed by atoms with Gasteiger partial charge in [-0.25, -0.2) is 9.97 Å². The van der Waals surface area contributed by atoms with Gasteiger partial charge in [0.05, 0.1) is 5.69 Å². The molecule has 2 fully saturated rings. The minimum Gasteiger partial charge on any atom is -0.351 e. The predicted octanol–water partition coefficient (Wildman–Crippen LogP) is 2.46. The van der Waals surface area contributed by atoms with Crippen molar-refractivity contribution in [1.82, 2.24) is 24.6 Å². The number of aromatic nitrogens is 4. The number of hydrogen-bond acceptors (Lipinski definition) is 5. The monoisotopic (exact) mass is 370 g/mol. The fourth-order valence-electron chi connectivity index (χ4n) is 4.49. The molecule has 0 radical (unpaired) electrons. The van der Waals surface area contributed by atoms with E-state index < -0.39 is 0 Å². The SMILES string of the molecule is CCc1nc(N2CCN(C(=O)C3CCCCC3)CC2)c2c(n1)c(C)nn2C. The van der Waals surface area contributed by atoms with Crippen LogP contribution in [0, 0.1) is 12.8 Å². The van der Waals surface area contributed by atoms with Crippen LogP contribution in [0.4, 0.5) is 5.82 Å². The van der Waals surface area contributed by atoms with Gasteiger partial charge >= 0.3 is 0 Å². The maximum Gasteiger partial charge on any atom is 0.225 e. The van der Waals surface area contributed by atoms with E-state index in [0.717, 1.165) is 73.8 Å². The highest BCUT2D eigenvalue weighted by Crippen LogP contribution is 2.29. The molecule has 0 unspecified atom stereocenters. The minimum atomic E-state index is 0.252. The number of nitrogens with zero attached hydrogens (tertiary/aromatic N) is 6. The Morgan fingerprint density at radius 3 is 2.44 bits per heavy atom. The number of carbonyl (C=O) groups excluding carboxylic acids is 1. The molecule has 2 aliphatic rings. The predicted molar refractivity (Wildman–Crippen MR) is 106 cm³/mol. The Morgan fingerprint density at radius 1 is 1.07 bits per heavy atom. The van der Waals surface area contributed by atoms with Crippen LogP contribution in [0.3, 0.4) is 0 Å². The lowest BCUT2D eigenvalue weighted by atomic mass is 9.88. The molecular weight excluding hydrogens is 340 g/mol. The summed E-state index contributed by atoms with van der Waals surface area (Å²) < 4.78 is 1.89. The molecule has 2 aromatic heterocycles. The van der Waals surface area contributed by atoms with Gasteiger partial charge in [0.1, 0.15) is 16.9 Å². The summed E-state index contributed by atoms with van der Waals surface area (Å²) in [5.41, 5.74) is 2.88. The Balaban J connectivity index is 1.53. The van der Waals surface area contributed by atoms with E-state index in [-0.39, 0.29) is 5.92 Å². The maximum absolute atomic E-state index is 12.8. The molecule has 146 valence electrons. The van der Waals surface area contributed by atoms with Crippen molar-refractivity contribution in [2.24, 2.45) is 13.0 Å². The van der Waals surface area contributed by atoms with Gasteiger partial charge < -0.3 is 9.80 Å². The van der Waals surface area contributed by atoms with Crippen molar-refractivity contribution in [3.63, 3.8) is 0 Å². The van der Waals surface area contributed by atoms with Gasteiger partial charge in [-0.15, -0.1) is 0 Å². The van der Waals surface area contributed by atoms with Crippen LogP contribution >= 0.6 is 0 Å². The number of piperazine rings is 1. The van der Waals surface area contributed by atoms with E-state index in [9.17, 15) is 4.79 Å². The minimum absolute atomic E-state index is 0.252. The molecule has 4 rings (SSSR count). The number of carbonyl (C=O) groups is 1. The number of fused-ring (bicyclic) bond motifs is 1. The van der Waals surface area contributed by atoms with Gasteiger partial charge in [-0.1, -0.05) is 26.2 Å². The molecule has 1 saturated heterocycles. The van der Waals surface area contributed by atoms with Crippen molar-refractivity contribution in [3.8, 4) is 0 Å². The van der Waals surface area contributed by atoms with Crippen LogP contribution in [0.25, 0.3) is 11.0 Å². The quantitative estimate of drug-likeness (QED) is 0.830. The Bertz CT molecular complexity index is 831. The van der Waals surface area contributed by atoms with Crippen LogP contribution in [-0.4, -0.2) is 56.7 Å². The zero-order chi connectivity index (χ0) is 19.0. The van der Waals surface area contributed by atoms with E-state index in [1.54, 1.807) is 0 Å². The third-order valence-electron chi connectivity index (χ3n) is 6.04. The van der Waals surface area contributed by atoms with Crippen molar-refractivity contribution in [2.45, 2.75) is 52.4 Å². The summed E-state index contributed by atoms with van der Waals surface area (Å²) in [5.74, 6) is 2.44. The van der Waals surface area contributed by atoms with E-state index in [0.29, 0.717) is 5.91 Å². The zero-order valence-electron chi connectivity index (χ0n) is 16.7. The normalized spacial score (nSPS) is 19.1. The Kier molecular flexibility index (Phi) is 5.02. The zero-order valence-corrected chi connectivity index (χ0v) is 16.7. The van der Waals surface area contributed by atoms with Gasteiger partial charge in [-0.2, -0.15) is 5.10 Å². The van der Waals surface area contributed by atoms with Gasteiger partial charge in [0.2, 0.25) is 5.91 Å². The Morgan fingerprint density at radius 2 is 1.78 bits per heavy atom. The molecule has 2 aromatic rings. The van der Waals surface area contributed by atoms with Crippen LogP contribution in [0.2, 0.25) is 0 Å². The Hall–Kier alpha value is -2.18. The van der Waals surface area contributed by atoms with Crippen molar-refractivity contribution in [2.75, 3.05) is 31.1 Å². The molecule has 3 heterocycles. The van der Waals surface area contributed by atoms with Gasteiger partial charge in [-0.3, -0.25) is 9.48 Å². The average molecular weight is 371 g/mol. The van der Waals surface area contributed by atoms with Crippen molar-refractivity contribution in [3.05, 3.63) is 11.5 Å². The summed E-state index contributed by atoms with van der Waals surface area (Å²) in [6, 6.07) is 0. The molecule has 1 amide bonds. The van der Waals surface area contributed by atoms with Crippen LogP contribution in [0.5, 0.6) is 0 Å². The van der Waals surface area contributed by atoms with Crippen molar-refractivity contribution >= 4 is 22.8 Å². The second-order valence-electron chi connectivity index (χ2n) is 7.87. The molecule has 0 atom stereocenters. The van der Waals surface area contributed by atoms with Gasteiger partial charge in [0.15, 0.2) is 5.82 Å². The number of aryl methyl sites for hydroxylation is 3. The first kappa shape index (κ1) is 18.2. The summed E-state index contributed by atoms with van der Waals surface area (Å²) in [7, 11) is 1.96. The third-order valence-corrected chi connectivity index (χ3v) is 6.04. The van der Waals surface area contributed by atoms with Crippen LogP contribution in [-0.2, 0) is 18.3 Å². The summed E-state index contributed by atoms with van der Waals surface area (Å²) >= 11 is 0. The molecule has 1 aliphatic heterocycles. The standard InChI is InChI=1S/C20H30N6O/c1-4-16-21-17-14(2)23-24(3)18(17)19(22-16)25-10-12-26(13-11-25)20(27)15-8-6-5-7-9-15/h15H,4-13H2,1-3H3. The second kappa shape index (κ2) is 7.44. The number of anilines is 1. The summed E-state index contributed by atoms with van der Waals surface area (Å²) in [6.07, 6.45) is 6.63. The highest BCUT2D eigenvalue weighted by molar-refractivity contribution is 5.88. The third kappa shape index (κ3) is 3.39. The van der Waals surface area contributed by atoms with Gasteiger partial charge in [0.25, 0.3) is 0 Å². The van der Waals surface area contributed by atoms with E-state index in [2.05, 4.69) is 26.8 Å². The number of rotatable bonds is 3. The lowest BCUT2D eigenvalue weighted by molar-refractivity contribution is -0.136. The number of amides is 1. The Labute approximate surface area is 160 Å². The molecule has 0 spiro atoms. The van der Waals surface area contributed by atoms with Gasteiger partial charge in [-0.05, 0) is 19.8 Å². The molecule has 7 nitrogen and oxygen atoms in total. The van der Waals surface area contributed by atoms with Gasteiger partial charge in [0, 0.05) is 45.6 Å². The first-order valence-electron chi connectivity index (χ1n) is 10.3. The summed E-state index contributed by atoms with van der Waals surface area (Å²) in [5, 5.41) is 4.55.